The number of amides is 1. The van der Waals surface area contributed by atoms with Crippen LogP contribution in [0.3, 0.4) is 0 Å². The van der Waals surface area contributed by atoms with Gasteiger partial charge in [0.1, 0.15) is 11.0 Å². The molecule has 0 atom stereocenters. The second kappa shape index (κ2) is 7.48. The van der Waals surface area contributed by atoms with Crippen molar-refractivity contribution in [1.82, 2.24) is 10.3 Å². The minimum atomic E-state index is -0.0688. The Bertz CT molecular complexity index is 458. The van der Waals surface area contributed by atoms with Crippen LogP contribution in [0, 0.1) is 5.92 Å². The third-order valence-corrected chi connectivity index (χ3v) is 3.83. The molecule has 1 aromatic heterocycles. The van der Waals surface area contributed by atoms with Crippen LogP contribution in [-0.2, 0) is 0 Å². The Morgan fingerprint density at radius 2 is 2.15 bits per heavy atom. The number of carbonyl (C=O) groups is 1. The zero-order chi connectivity index (χ0) is 14.4. The third-order valence-electron chi connectivity index (χ3n) is 3.64. The standard InChI is InChI=1S/C15H22ClN3O/c1-2-7-17-14-9-12(8-13(16)19-14)15(20)18-10-11-5-3-4-6-11/h8-9,11H,2-7,10H2,1H3,(H,17,19)(H,18,20). The van der Waals surface area contributed by atoms with E-state index in [1.807, 2.05) is 0 Å². The number of carbonyl (C=O) groups excluding carboxylic acids is 1. The highest BCUT2D eigenvalue weighted by Gasteiger charge is 2.16. The van der Waals surface area contributed by atoms with Gasteiger partial charge in [-0.2, -0.15) is 0 Å². The summed E-state index contributed by atoms with van der Waals surface area (Å²) in [5.74, 6) is 1.22. The Morgan fingerprint density at radius 3 is 2.85 bits per heavy atom. The highest BCUT2D eigenvalue weighted by Crippen LogP contribution is 2.24. The van der Waals surface area contributed by atoms with Crippen molar-refractivity contribution >= 4 is 23.3 Å². The molecule has 0 spiro atoms. The summed E-state index contributed by atoms with van der Waals surface area (Å²) in [6.45, 7) is 3.65. The van der Waals surface area contributed by atoms with Gasteiger partial charge < -0.3 is 10.6 Å². The molecule has 1 heterocycles. The number of nitrogens with one attached hydrogen (secondary N) is 2. The Balaban J connectivity index is 1.95. The molecule has 1 aromatic rings. The van der Waals surface area contributed by atoms with Crippen molar-refractivity contribution in [2.75, 3.05) is 18.4 Å². The second-order valence-electron chi connectivity index (χ2n) is 5.35. The number of pyridine rings is 1. The SMILES string of the molecule is CCCNc1cc(C(=O)NCC2CCCC2)cc(Cl)n1. The summed E-state index contributed by atoms with van der Waals surface area (Å²) in [6.07, 6.45) is 6.01. The van der Waals surface area contributed by atoms with E-state index < -0.39 is 0 Å². The van der Waals surface area contributed by atoms with Gasteiger partial charge in [0.2, 0.25) is 0 Å². The third kappa shape index (κ3) is 4.37. The van der Waals surface area contributed by atoms with Crippen molar-refractivity contribution < 1.29 is 4.79 Å². The lowest BCUT2D eigenvalue weighted by molar-refractivity contribution is 0.0947. The highest BCUT2D eigenvalue weighted by atomic mass is 35.5. The minimum absolute atomic E-state index is 0.0688. The molecule has 2 N–H and O–H groups in total. The van der Waals surface area contributed by atoms with Crippen LogP contribution in [-0.4, -0.2) is 24.0 Å². The number of anilines is 1. The molecule has 0 unspecified atom stereocenters. The molecule has 1 amide bonds. The average molecular weight is 296 g/mol. The molecular formula is C15H22ClN3O. The van der Waals surface area contributed by atoms with E-state index in [-0.39, 0.29) is 5.91 Å². The molecule has 2 rings (SSSR count). The molecule has 20 heavy (non-hydrogen) atoms. The Labute approximate surface area is 125 Å². The van der Waals surface area contributed by atoms with Crippen molar-refractivity contribution in [2.45, 2.75) is 39.0 Å². The van der Waals surface area contributed by atoms with Gasteiger partial charge in [0.05, 0.1) is 0 Å². The van der Waals surface area contributed by atoms with Gasteiger partial charge in [-0.05, 0) is 37.3 Å². The fourth-order valence-electron chi connectivity index (χ4n) is 2.53. The summed E-state index contributed by atoms with van der Waals surface area (Å²) in [5.41, 5.74) is 0.571. The zero-order valence-corrected chi connectivity index (χ0v) is 12.7. The van der Waals surface area contributed by atoms with Gasteiger partial charge in [0.25, 0.3) is 5.91 Å². The maximum absolute atomic E-state index is 12.2. The molecule has 0 aliphatic heterocycles. The predicted octanol–water partition coefficient (Wildman–Crippen LogP) is 3.48. The van der Waals surface area contributed by atoms with E-state index in [1.165, 1.54) is 25.7 Å². The fraction of sp³-hybridized carbons (Fsp3) is 0.600. The highest BCUT2D eigenvalue weighted by molar-refractivity contribution is 6.29. The van der Waals surface area contributed by atoms with Crippen molar-refractivity contribution in [2.24, 2.45) is 5.92 Å². The first-order chi connectivity index (χ1) is 9.69. The van der Waals surface area contributed by atoms with Gasteiger partial charge in [0, 0.05) is 18.7 Å². The van der Waals surface area contributed by atoms with Crippen LogP contribution in [0.15, 0.2) is 12.1 Å². The van der Waals surface area contributed by atoms with Crippen molar-refractivity contribution in [3.8, 4) is 0 Å². The molecule has 110 valence electrons. The normalized spacial score (nSPS) is 15.3. The number of hydrogen-bond acceptors (Lipinski definition) is 3. The average Bonchev–Trinajstić information content (AvgIpc) is 2.95. The second-order valence-corrected chi connectivity index (χ2v) is 5.74. The van der Waals surface area contributed by atoms with Gasteiger partial charge in [0.15, 0.2) is 0 Å². The van der Waals surface area contributed by atoms with E-state index in [0.717, 1.165) is 19.5 Å². The Hall–Kier alpha value is -1.29. The van der Waals surface area contributed by atoms with Gasteiger partial charge in [-0.15, -0.1) is 0 Å². The van der Waals surface area contributed by atoms with E-state index >= 15 is 0 Å². The quantitative estimate of drug-likeness (QED) is 0.790. The predicted molar refractivity (Wildman–Crippen MR) is 82.3 cm³/mol. The smallest absolute Gasteiger partial charge is 0.251 e. The van der Waals surface area contributed by atoms with E-state index in [9.17, 15) is 4.79 Å². The van der Waals surface area contributed by atoms with Gasteiger partial charge >= 0.3 is 0 Å². The van der Waals surface area contributed by atoms with E-state index in [4.69, 9.17) is 11.6 Å². The van der Waals surface area contributed by atoms with E-state index in [1.54, 1.807) is 12.1 Å². The van der Waals surface area contributed by atoms with Crippen LogP contribution in [0.5, 0.6) is 0 Å². The monoisotopic (exact) mass is 295 g/mol. The molecule has 4 nitrogen and oxygen atoms in total. The molecule has 0 aromatic carbocycles. The summed E-state index contributed by atoms with van der Waals surface area (Å²) in [4.78, 5) is 16.3. The molecular weight excluding hydrogens is 274 g/mol. The van der Waals surface area contributed by atoms with E-state index in [2.05, 4.69) is 22.5 Å². The number of halogens is 1. The van der Waals surface area contributed by atoms with Crippen molar-refractivity contribution in [1.29, 1.82) is 0 Å². The molecule has 0 radical (unpaired) electrons. The summed E-state index contributed by atoms with van der Waals surface area (Å²) in [5, 5.41) is 6.49. The number of rotatable bonds is 6. The maximum Gasteiger partial charge on any atom is 0.251 e. The lowest BCUT2D eigenvalue weighted by atomic mass is 10.1. The Morgan fingerprint density at radius 1 is 1.40 bits per heavy atom. The molecule has 0 bridgehead atoms. The summed E-state index contributed by atoms with van der Waals surface area (Å²) in [6, 6.07) is 3.37. The molecule has 1 fully saturated rings. The molecule has 0 saturated heterocycles. The minimum Gasteiger partial charge on any atom is -0.370 e. The van der Waals surface area contributed by atoms with Crippen molar-refractivity contribution in [3.05, 3.63) is 22.8 Å². The summed E-state index contributed by atoms with van der Waals surface area (Å²) >= 11 is 5.97. The van der Waals surface area contributed by atoms with Gasteiger partial charge in [-0.3, -0.25) is 4.79 Å². The van der Waals surface area contributed by atoms with Gasteiger partial charge in [-0.25, -0.2) is 4.98 Å². The van der Waals surface area contributed by atoms with Crippen LogP contribution >= 0.6 is 11.6 Å². The van der Waals surface area contributed by atoms with Crippen LogP contribution in [0.1, 0.15) is 49.4 Å². The van der Waals surface area contributed by atoms with Crippen LogP contribution in [0.4, 0.5) is 5.82 Å². The van der Waals surface area contributed by atoms with Gasteiger partial charge in [-0.1, -0.05) is 31.4 Å². The van der Waals surface area contributed by atoms with Crippen LogP contribution in [0.25, 0.3) is 0 Å². The molecule has 1 saturated carbocycles. The molecule has 1 aliphatic rings. The lowest BCUT2D eigenvalue weighted by Gasteiger charge is -2.11. The largest absolute Gasteiger partial charge is 0.370 e. The molecule has 5 heteroatoms. The van der Waals surface area contributed by atoms with Crippen LogP contribution < -0.4 is 10.6 Å². The summed E-state index contributed by atoms with van der Waals surface area (Å²) < 4.78 is 0. The fourth-order valence-corrected chi connectivity index (χ4v) is 2.73. The zero-order valence-electron chi connectivity index (χ0n) is 11.9. The first kappa shape index (κ1) is 15.1. The first-order valence-corrected chi connectivity index (χ1v) is 7.76. The van der Waals surface area contributed by atoms with Crippen molar-refractivity contribution in [3.63, 3.8) is 0 Å². The number of nitrogens with zero attached hydrogens (tertiary/aromatic N) is 1. The number of hydrogen-bond donors (Lipinski definition) is 2. The topological polar surface area (TPSA) is 54.0 Å². The molecule has 1 aliphatic carbocycles. The van der Waals surface area contributed by atoms with Crippen LogP contribution in [0.2, 0.25) is 5.15 Å². The first-order valence-electron chi connectivity index (χ1n) is 7.38. The Kier molecular flexibility index (Phi) is 5.65. The summed E-state index contributed by atoms with van der Waals surface area (Å²) in [7, 11) is 0. The van der Waals surface area contributed by atoms with E-state index in [0.29, 0.717) is 22.5 Å². The number of aromatic nitrogens is 1. The maximum atomic E-state index is 12.2. The lowest BCUT2D eigenvalue weighted by Crippen LogP contribution is -2.28.